The second kappa shape index (κ2) is 6.96. The fourth-order valence-electron chi connectivity index (χ4n) is 3.88. The Labute approximate surface area is 167 Å². The van der Waals surface area contributed by atoms with E-state index in [0.29, 0.717) is 29.4 Å². The topological polar surface area (TPSA) is 80.4 Å². The Morgan fingerprint density at radius 3 is 2.68 bits per heavy atom. The number of nitrogens with zero attached hydrogens (tertiary/aromatic N) is 2. The summed E-state index contributed by atoms with van der Waals surface area (Å²) in [7, 11) is 3.84. The fourth-order valence-corrected chi connectivity index (χ4v) is 4.04. The fraction of sp³-hybridized carbons (Fsp3) is 0.238. The van der Waals surface area contributed by atoms with Crippen molar-refractivity contribution >= 4 is 34.3 Å². The molecule has 0 spiro atoms. The standard InChI is InChI=1S/C21H21ClN4O2/c1-25-10-14-7-13(20(23)27)4-6-16(14)17(11-25)24-21(28)19-8-12-3-5-15(22)9-18(12)26(19)2/h3-9,17H,10-11H2,1-2H3,(H2,23,27)(H,24,28). The van der Waals surface area contributed by atoms with Crippen LogP contribution in [-0.2, 0) is 13.6 Å². The number of carbonyl (C=O) groups excluding carboxylic acids is 2. The lowest BCUT2D eigenvalue weighted by molar-refractivity contribution is 0.0912. The lowest BCUT2D eigenvalue weighted by atomic mass is 9.93. The van der Waals surface area contributed by atoms with E-state index in [2.05, 4.69) is 10.2 Å². The summed E-state index contributed by atoms with van der Waals surface area (Å²) < 4.78 is 1.85. The Morgan fingerprint density at radius 2 is 1.93 bits per heavy atom. The summed E-state index contributed by atoms with van der Waals surface area (Å²) in [6, 6.07) is 12.7. The number of nitrogens with two attached hydrogens (primary N) is 1. The van der Waals surface area contributed by atoms with Crippen LogP contribution in [0.2, 0.25) is 5.02 Å². The molecule has 0 aliphatic carbocycles. The van der Waals surface area contributed by atoms with Gasteiger partial charge < -0.3 is 15.6 Å². The zero-order valence-electron chi connectivity index (χ0n) is 15.7. The van der Waals surface area contributed by atoms with Gasteiger partial charge in [0, 0.05) is 41.6 Å². The number of aryl methyl sites for hydroxylation is 1. The lowest BCUT2D eigenvalue weighted by Crippen LogP contribution is -2.40. The molecule has 7 heteroatoms. The lowest BCUT2D eigenvalue weighted by Gasteiger charge is -2.33. The van der Waals surface area contributed by atoms with E-state index in [4.69, 9.17) is 17.3 Å². The summed E-state index contributed by atoms with van der Waals surface area (Å²) in [5, 5.41) is 4.73. The highest BCUT2D eigenvalue weighted by Gasteiger charge is 2.26. The monoisotopic (exact) mass is 396 g/mol. The van der Waals surface area contributed by atoms with Crippen molar-refractivity contribution in [3.63, 3.8) is 0 Å². The minimum Gasteiger partial charge on any atom is -0.366 e. The van der Waals surface area contributed by atoms with E-state index in [9.17, 15) is 9.59 Å². The zero-order valence-corrected chi connectivity index (χ0v) is 16.5. The predicted octanol–water partition coefficient (Wildman–Crippen LogP) is 2.85. The number of benzene rings is 2. The SMILES string of the molecule is CN1Cc2cc(C(N)=O)ccc2C(NC(=O)c2cc3ccc(Cl)cc3n2C)C1. The van der Waals surface area contributed by atoms with Crippen LogP contribution < -0.4 is 11.1 Å². The minimum absolute atomic E-state index is 0.153. The van der Waals surface area contributed by atoms with E-state index in [1.807, 2.05) is 55.1 Å². The quantitative estimate of drug-likeness (QED) is 0.714. The van der Waals surface area contributed by atoms with Gasteiger partial charge in [-0.2, -0.15) is 0 Å². The molecule has 1 atom stereocenters. The molecule has 0 bridgehead atoms. The molecule has 2 amide bonds. The summed E-state index contributed by atoms with van der Waals surface area (Å²) >= 11 is 6.09. The molecule has 1 aliphatic heterocycles. The predicted molar refractivity (Wildman–Crippen MR) is 109 cm³/mol. The molecule has 0 fully saturated rings. The maximum atomic E-state index is 13.0. The van der Waals surface area contributed by atoms with Gasteiger partial charge in [-0.05, 0) is 48.5 Å². The van der Waals surface area contributed by atoms with Gasteiger partial charge in [-0.15, -0.1) is 0 Å². The summed E-state index contributed by atoms with van der Waals surface area (Å²) in [5.74, 6) is -0.606. The van der Waals surface area contributed by atoms with E-state index >= 15 is 0 Å². The molecule has 0 saturated carbocycles. The first-order chi connectivity index (χ1) is 13.3. The number of likely N-dealkylation sites (N-methyl/N-ethyl adjacent to an activating group) is 1. The van der Waals surface area contributed by atoms with Crippen LogP contribution in [0.25, 0.3) is 10.9 Å². The van der Waals surface area contributed by atoms with Gasteiger partial charge in [0.1, 0.15) is 5.69 Å². The number of amides is 2. The molecule has 2 aromatic carbocycles. The number of halogens is 1. The third kappa shape index (κ3) is 3.25. The molecule has 144 valence electrons. The Balaban J connectivity index is 1.65. The van der Waals surface area contributed by atoms with Gasteiger partial charge in [0.15, 0.2) is 0 Å². The van der Waals surface area contributed by atoms with Crippen molar-refractivity contribution in [2.75, 3.05) is 13.6 Å². The Morgan fingerprint density at radius 1 is 1.14 bits per heavy atom. The normalized spacial score (nSPS) is 16.8. The third-order valence-corrected chi connectivity index (χ3v) is 5.52. The van der Waals surface area contributed by atoms with Crippen molar-refractivity contribution in [2.45, 2.75) is 12.6 Å². The van der Waals surface area contributed by atoms with Crippen molar-refractivity contribution in [1.29, 1.82) is 0 Å². The second-order valence-electron chi connectivity index (χ2n) is 7.29. The van der Waals surface area contributed by atoms with Crippen LogP contribution in [0.1, 0.15) is 38.0 Å². The van der Waals surface area contributed by atoms with Crippen molar-refractivity contribution in [2.24, 2.45) is 12.8 Å². The van der Waals surface area contributed by atoms with Crippen LogP contribution in [0.4, 0.5) is 0 Å². The number of carbonyl (C=O) groups is 2. The zero-order chi connectivity index (χ0) is 20.0. The number of hydrogen-bond acceptors (Lipinski definition) is 3. The number of hydrogen-bond donors (Lipinski definition) is 2. The molecule has 0 radical (unpaired) electrons. The van der Waals surface area contributed by atoms with Crippen LogP contribution in [0, 0.1) is 0 Å². The highest BCUT2D eigenvalue weighted by Crippen LogP contribution is 2.28. The molecule has 4 rings (SSSR count). The highest BCUT2D eigenvalue weighted by atomic mass is 35.5. The number of nitrogens with one attached hydrogen (secondary N) is 1. The Bertz CT molecular complexity index is 1110. The van der Waals surface area contributed by atoms with E-state index in [-0.39, 0.29) is 11.9 Å². The van der Waals surface area contributed by atoms with Crippen molar-refractivity contribution < 1.29 is 9.59 Å². The Kier molecular flexibility index (Phi) is 4.61. The summed E-state index contributed by atoms with van der Waals surface area (Å²) in [6.07, 6.45) is 0. The first-order valence-corrected chi connectivity index (χ1v) is 9.38. The molecule has 3 aromatic rings. The molecular weight excluding hydrogens is 376 g/mol. The molecular formula is C21H21ClN4O2. The first-order valence-electron chi connectivity index (χ1n) is 9.00. The van der Waals surface area contributed by atoms with Gasteiger partial charge in [0.05, 0.1) is 6.04 Å². The van der Waals surface area contributed by atoms with Crippen LogP contribution in [-0.4, -0.2) is 34.9 Å². The van der Waals surface area contributed by atoms with E-state index in [1.54, 1.807) is 6.07 Å². The molecule has 0 saturated heterocycles. The number of primary amides is 1. The molecule has 3 N–H and O–H groups in total. The summed E-state index contributed by atoms with van der Waals surface area (Å²) in [6.45, 7) is 1.39. The molecule has 1 aliphatic rings. The van der Waals surface area contributed by atoms with Gasteiger partial charge in [0.2, 0.25) is 5.91 Å². The van der Waals surface area contributed by atoms with Crippen molar-refractivity contribution in [1.82, 2.24) is 14.8 Å². The van der Waals surface area contributed by atoms with Gasteiger partial charge >= 0.3 is 0 Å². The van der Waals surface area contributed by atoms with Crippen molar-refractivity contribution in [3.8, 4) is 0 Å². The van der Waals surface area contributed by atoms with Crippen LogP contribution in [0.15, 0.2) is 42.5 Å². The van der Waals surface area contributed by atoms with Crippen molar-refractivity contribution in [3.05, 3.63) is 69.9 Å². The van der Waals surface area contributed by atoms with Crippen LogP contribution >= 0.6 is 11.6 Å². The maximum Gasteiger partial charge on any atom is 0.268 e. The van der Waals surface area contributed by atoms with E-state index in [0.717, 1.165) is 22.0 Å². The van der Waals surface area contributed by atoms with E-state index < -0.39 is 5.91 Å². The van der Waals surface area contributed by atoms with E-state index in [1.165, 1.54) is 0 Å². The summed E-state index contributed by atoms with van der Waals surface area (Å²) in [4.78, 5) is 26.6. The Hall–Kier alpha value is -2.83. The van der Waals surface area contributed by atoms with Crippen LogP contribution in [0.5, 0.6) is 0 Å². The van der Waals surface area contributed by atoms with Gasteiger partial charge in [-0.25, -0.2) is 0 Å². The van der Waals surface area contributed by atoms with Gasteiger partial charge in [-0.1, -0.05) is 23.7 Å². The van der Waals surface area contributed by atoms with Crippen LogP contribution in [0.3, 0.4) is 0 Å². The average Bonchev–Trinajstić information content (AvgIpc) is 2.97. The molecule has 1 aromatic heterocycles. The first kappa shape index (κ1) is 18.5. The molecule has 28 heavy (non-hydrogen) atoms. The third-order valence-electron chi connectivity index (χ3n) is 5.28. The number of fused-ring (bicyclic) bond motifs is 2. The summed E-state index contributed by atoms with van der Waals surface area (Å²) in [5.41, 5.74) is 9.37. The molecule has 2 heterocycles. The largest absolute Gasteiger partial charge is 0.366 e. The van der Waals surface area contributed by atoms with Gasteiger partial charge in [-0.3, -0.25) is 14.5 Å². The number of rotatable bonds is 3. The number of aromatic nitrogens is 1. The smallest absolute Gasteiger partial charge is 0.268 e. The minimum atomic E-state index is -0.453. The maximum absolute atomic E-state index is 13.0. The second-order valence-corrected chi connectivity index (χ2v) is 7.73. The average molecular weight is 397 g/mol. The molecule has 6 nitrogen and oxygen atoms in total. The molecule has 1 unspecified atom stereocenters. The van der Waals surface area contributed by atoms with Gasteiger partial charge in [0.25, 0.3) is 5.91 Å². The highest BCUT2D eigenvalue weighted by molar-refractivity contribution is 6.31.